The zero-order chi connectivity index (χ0) is 26.2. The minimum Gasteiger partial charge on any atom is -0.508 e. The zero-order valence-electron chi connectivity index (χ0n) is 21.4. The highest BCUT2D eigenvalue weighted by atomic mass is 16.6. The molecular weight excluding hydrogens is 448 g/mol. The predicted octanol–water partition coefficient (Wildman–Crippen LogP) is 4.13. The van der Waals surface area contributed by atoms with Crippen LogP contribution in [0.25, 0.3) is 0 Å². The second-order valence-corrected chi connectivity index (χ2v) is 10.4. The summed E-state index contributed by atoms with van der Waals surface area (Å²) in [6, 6.07) is 11.4. The van der Waals surface area contributed by atoms with Crippen molar-refractivity contribution in [2.75, 3.05) is 13.1 Å². The molecule has 0 bridgehead atoms. The Morgan fingerprint density at radius 1 is 0.686 bits per heavy atom. The van der Waals surface area contributed by atoms with Crippen molar-refractivity contribution in [2.45, 2.75) is 71.2 Å². The fourth-order valence-electron chi connectivity index (χ4n) is 3.31. The van der Waals surface area contributed by atoms with Crippen LogP contribution in [0, 0.1) is 0 Å². The molecule has 0 heterocycles. The average molecular weight is 487 g/mol. The Hall–Kier alpha value is -3.10. The third-order valence-corrected chi connectivity index (χ3v) is 4.79. The molecule has 2 atom stereocenters. The zero-order valence-corrected chi connectivity index (χ0v) is 21.4. The van der Waals surface area contributed by atoms with Gasteiger partial charge in [-0.3, -0.25) is 0 Å². The highest BCUT2D eigenvalue weighted by Gasteiger charge is 2.28. The first-order valence-corrected chi connectivity index (χ1v) is 11.8. The Balaban J connectivity index is 2.02. The van der Waals surface area contributed by atoms with Gasteiger partial charge in [0.05, 0.1) is 0 Å². The number of nitrogens with one attached hydrogen (secondary N) is 2. The molecule has 0 fully saturated rings. The lowest BCUT2D eigenvalue weighted by atomic mass is 10.1. The quantitative estimate of drug-likeness (QED) is 0.293. The number of phenols is 2. The van der Waals surface area contributed by atoms with Gasteiger partial charge in [0.25, 0.3) is 0 Å². The molecule has 2 rings (SSSR count). The molecule has 35 heavy (non-hydrogen) atoms. The van der Waals surface area contributed by atoms with Gasteiger partial charge in [-0.15, -0.1) is 0 Å². The van der Waals surface area contributed by atoms with Gasteiger partial charge in [0, 0.05) is 0 Å². The first-order chi connectivity index (χ1) is 16.2. The molecule has 0 spiro atoms. The molecule has 8 nitrogen and oxygen atoms in total. The fraction of sp³-hybridized carbons (Fsp3) is 0.481. The van der Waals surface area contributed by atoms with Crippen molar-refractivity contribution in [3.8, 4) is 11.5 Å². The van der Waals surface area contributed by atoms with E-state index in [1.54, 1.807) is 24.3 Å². The van der Waals surface area contributed by atoms with Crippen molar-refractivity contribution in [2.24, 2.45) is 0 Å². The van der Waals surface area contributed by atoms with E-state index >= 15 is 0 Å². The number of phenolic OH excluding ortho intramolecular Hbond substituents is 2. The monoisotopic (exact) mass is 486 g/mol. The van der Waals surface area contributed by atoms with Crippen molar-refractivity contribution in [3.05, 3.63) is 59.7 Å². The second kappa shape index (κ2) is 12.0. The normalized spacial score (nSPS) is 13.7. The summed E-state index contributed by atoms with van der Waals surface area (Å²) in [6.07, 6.45) is 0.606. The largest absolute Gasteiger partial charge is 0.508 e. The van der Waals surface area contributed by atoms with Gasteiger partial charge in [0.1, 0.15) is 34.8 Å². The first-order valence-electron chi connectivity index (χ1n) is 11.8. The predicted molar refractivity (Wildman–Crippen MR) is 134 cm³/mol. The van der Waals surface area contributed by atoms with Gasteiger partial charge in [0.2, 0.25) is 0 Å². The molecule has 0 amide bonds. The number of ether oxygens (including phenoxy) is 2. The average Bonchev–Trinajstić information content (AvgIpc) is 2.72. The molecule has 0 aliphatic rings. The molecule has 0 radical (unpaired) electrons. The summed E-state index contributed by atoms with van der Waals surface area (Å²) < 4.78 is 11.1. The SMILES string of the molecule is CC(C)(C)OC(=O)C(NCCCNC(C(=O)OC(C)(C)C)c1ccc(O)cc1)c1ccc(O)cc1. The van der Waals surface area contributed by atoms with Crippen LogP contribution in [0.5, 0.6) is 11.5 Å². The Morgan fingerprint density at radius 2 is 1.00 bits per heavy atom. The van der Waals surface area contributed by atoms with Crippen molar-refractivity contribution in [3.63, 3.8) is 0 Å². The van der Waals surface area contributed by atoms with Crippen LogP contribution in [-0.4, -0.2) is 46.4 Å². The van der Waals surface area contributed by atoms with E-state index in [4.69, 9.17) is 9.47 Å². The number of carbonyl (C=O) groups excluding carboxylic acids is 2. The van der Waals surface area contributed by atoms with Crippen LogP contribution in [0.3, 0.4) is 0 Å². The maximum Gasteiger partial charge on any atom is 0.328 e. The van der Waals surface area contributed by atoms with Crippen LogP contribution in [-0.2, 0) is 19.1 Å². The molecule has 8 heteroatoms. The van der Waals surface area contributed by atoms with Crippen LogP contribution in [0.15, 0.2) is 48.5 Å². The molecule has 0 aliphatic carbocycles. The number of benzene rings is 2. The molecule has 0 aromatic heterocycles. The van der Waals surface area contributed by atoms with Crippen LogP contribution < -0.4 is 10.6 Å². The molecular formula is C27H38N2O6. The van der Waals surface area contributed by atoms with E-state index in [-0.39, 0.29) is 11.5 Å². The highest BCUT2D eigenvalue weighted by molar-refractivity contribution is 5.78. The highest BCUT2D eigenvalue weighted by Crippen LogP contribution is 2.22. The van der Waals surface area contributed by atoms with Gasteiger partial charge in [0.15, 0.2) is 0 Å². The number of aromatic hydroxyl groups is 2. The summed E-state index contributed by atoms with van der Waals surface area (Å²) in [5.41, 5.74) is 0.0852. The topological polar surface area (TPSA) is 117 Å². The van der Waals surface area contributed by atoms with Gasteiger partial charge in [-0.05, 0) is 96.4 Å². The van der Waals surface area contributed by atoms with Gasteiger partial charge >= 0.3 is 11.9 Å². The smallest absolute Gasteiger partial charge is 0.328 e. The third kappa shape index (κ3) is 9.96. The van der Waals surface area contributed by atoms with Gasteiger partial charge < -0.3 is 30.3 Å². The maximum atomic E-state index is 12.8. The molecule has 0 aliphatic heterocycles. The lowest BCUT2D eigenvalue weighted by Crippen LogP contribution is -2.38. The number of rotatable bonds is 10. The molecule has 2 aromatic rings. The van der Waals surface area contributed by atoms with Gasteiger partial charge in [-0.25, -0.2) is 9.59 Å². The number of hydrogen-bond acceptors (Lipinski definition) is 8. The van der Waals surface area contributed by atoms with Crippen molar-refractivity contribution >= 4 is 11.9 Å². The van der Waals surface area contributed by atoms with Crippen molar-refractivity contribution in [1.29, 1.82) is 0 Å². The Morgan fingerprint density at radius 3 is 1.29 bits per heavy atom. The summed E-state index contributed by atoms with van der Waals surface area (Å²) in [7, 11) is 0. The van der Waals surface area contributed by atoms with Gasteiger partial charge in [-0.2, -0.15) is 0 Å². The standard InChI is InChI=1S/C27H38N2O6/c1-26(2,3)34-24(32)22(18-8-12-20(30)13-9-18)28-16-7-17-29-23(25(33)35-27(4,5)6)19-10-14-21(31)15-11-19/h8-15,22-23,28-31H,7,16-17H2,1-6H3. The third-order valence-electron chi connectivity index (χ3n) is 4.79. The van der Waals surface area contributed by atoms with Crippen molar-refractivity contribution in [1.82, 2.24) is 10.6 Å². The van der Waals surface area contributed by atoms with Gasteiger partial charge in [-0.1, -0.05) is 24.3 Å². The number of esters is 2. The van der Waals surface area contributed by atoms with Crippen LogP contribution in [0.4, 0.5) is 0 Å². The van der Waals surface area contributed by atoms with Crippen LogP contribution in [0.2, 0.25) is 0 Å². The van der Waals surface area contributed by atoms with Crippen LogP contribution >= 0.6 is 0 Å². The molecule has 4 N–H and O–H groups in total. The van der Waals surface area contributed by atoms with E-state index in [0.29, 0.717) is 30.6 Å². The van der Waals surface area contributed by atoms with E-state index in [9.17, 15) is 19.8 Å². The summed E-state index contributed by atoms with van der Waals surface area (Å²) in [5, 5.41) is 25.6. The van der Waals surface area contributed by atoms with E-state index < -0.39 is 35.2 Å². The Labute approximate surface area is 207 Å². The van der Waals surface area contributed by atoms with E-state index in [2.05, 4.69) is 10.6 Å². The summed E-state index contributed by atoms with van der Waals surface area (Å²) >= 11 is 0. The lowest BCUT2D eigenvalue weighted by Gasteiger charge is -2.26. The molecule has 0 saturated carbocycles. The lowest BCUT2D eigenvalue weighted by molar-refractivity contribution is -0.158. The summed E-state index contributed by atoms with van der Waals surface area (Å²) in [4.78, 5) is 25.6. The summed E-state index contributed by atoms with van der Waals surface area (Å²) in [5.74, 6) is -0.592. The first kappa shape index (κ1) is 28.1. The maximum absolute atomic E-state index is 12.8. The molecule has 0 saturated heterocycles. The second-order valence-electron chi connectivity index (χ2n) is 10.4. The van der Waals surface area contributed by atoms with Crippen LogP contribution in [0.1, 0.15) is 71.2 Å². The minimum atomic E-state index is -0.700. The van der Waals surface area contributed by atoms with E-state index in [0.717, 1.165) is 0 Å². The number of carbonyl (C=O) groups is 2. The Kier molecular flexibility index (Phi) is 9.68. The summed E-state index contributed by atoms with van der Waals surface area (Å²) in [6.45, 7) is 11.8. The molecule has 192 valence electrons. The van der Waals surface area contributed by atoms with Crippen molar-refractivity contribution < 1.29 is 29.3 Å². The molecule has 2 aromatic carbocycles. The van der Waals surface area contributed by atoms with E-state index in [1.807, 2.05) is 41.5 Å². The molecule has 2 unspecified atom stereocenters. The fourth-order valence-corrected chi connectivity index (χ4v) is 3.31. The van der Waals surface area contributed by atoms with E-state index in [1.165, 1.54) is 24.3 Å². The minimum absolute atomic E-state index is 0.114. The Bertz CT molecular complexity index is 880. The number of hydrogen-bond donors (Lipinski definition) is 4.